The second kappa shape index (κ2) is 5.07. The van der Waals surface area contributed by atoms with Crippen LogP contribution in [0, 0.1) is 5.92 Å². The molecule has 0 aromatic carbocycles. The van der Waals surface area contributed by atoms with Gasteiger partial charge in [0.1, 0.15) is 0 Å². The van der Waals surface area contributed by atoms with Gasteiger partial charge in [0.2, 0.25) is 0 Å². The molecule has 0 aromatic heterocycles. The summed E-state index contributed by atoms with van der Waals surface area (Å²) in [5, 5.41) is 28.4. The van der Waals surface area contributed by atoms with Crippen LogP contribution in [0.15, 0.2) is 0 Å². The summed E-state index contributed by atoms with van der Waals surface area (Å²) in [6.07, 6.45) is -3.64. The number of phosphoric acid groups is 1. The van der Waals surface area contributed by atoms with Gasteiger partial charge in [-0.25, -0.2) is 4.57 Å². The van der Waals surface area contributed by atoms with Crippen LogP contribution in [-0.2, 0) is 9.09 Å². The summed E-state index contributed by atoms with van der Waals surface area (Å²) in [7, 11) is -4.62. The van der Waals surface area contributed by atoms with Gasteiger partial charge in [0.15, 0.2) is 0 Å². The average molecular weight is 257 g/mol. The maximum Gasteiger partial charge on any atom is 0.469 e. The minimum atomic E-state index is -4.62. The van der Waals surface area contributed by atoms with Crippen molar-refractivity contribution in [2.24, 2.45) is 11.7 Å². The minimum Gasteiger partial charge on any atom is -0.391 e. The van der Waals surface area contributed by atoms with Crippen LogP contribution in [0.3, 0.4) is 0 Å². The fraction of sp³-hybridized carbons (Fsp3) is 1.00. The lowest BCUT2D eigenvalue weighted by molar-refractivity contribution is -0.106. The largest absolute Gasteiger partial charge is 0.469 e. The molecule has 0 aromatic rings. The molecule has 0 amide bonds. The minimum absolute atomic E-state index is 0.0133. The van der Waals surface area contributed by atoms with Gasteiger partial charge in [0.05, 0.1) is 31.0 Å². The van der Waals surface area contributed by atoms with E-state index < -0.39 is 44.7 Å². The van der Waals surface area contributed by atoms with Crippen molar-refractivity contribution in [3.63, 3.8) is 0 Å². The van der Waals surface area contributed by atoms with E-state index in [1.807, 2.05) is 0 Å². The van der Waals surface area contributed by atoms with Crippen LogP contribution < -0.4 is 5.73 Å². The highest BCUT2D eigenvalue weighted by Crippen LogP contribution is 2.38. The zero-order valence-corrected chi connectivity index (χ0v) is 9.27. The molecule has 0 radical (unpaired) electrons. The van der Waals surface area contributed by atoms with Crippen molar-refractivity contribution < 1.29 is 34.2 Å². The summed E-state index contributed by atoms with van der Waals surface area (Å²) in [5.41, 5.74) is 5.40. The molecule has 1 aliphatic rings. The number of hydrogen-bond donors (Lipinski definition) is 6. The van der Waals surface area contributed by atoms with E-state index in [2.05, 4.69) is 4.52 Å². The van der Waals surface area contributed by atoms with Gasteiger partial charge in [-0.3, -0.25) is 4.52 Å². The maximum absolute atomic E-state index is 10.4. The van der Waals surface area contributed by atoms with Crippen LogP contribution in [0.5, 0.6) is 0 Å². The molecule has 0 aliphatic heterocycles. The van der Waals surface area contributed by atoms with Gasteiger partial charge in [-0.1, -0.05) is 0 Å². The van der Waals surface area contributed by atoms with E-state index in [9.17, 15) is 19.9 Å². The van der Waals surface area contributed by atoms with E-state index in [0.29, 0.717) is 0 Å². The van der Waals surface area contributed by atoms with Crippen molar-refractivity contribution in [3.05, 3.63) is 0 Å². The lowest BCUT2D eigenvalue weighted by Gasteiger charge is -2.38. The SMILES string of the molecule is N[C@@H]1[C@@H](O)[C@H](O)[C@@H](COP(=O)(O)O)C[C@@H]1O. The molecule has 0 spiro atoms. The summed E-state index contributed by atoms with van der Waals surface area (Å²) >= 11 is 0. The third-order valence-corrected chi connectivity index (χ3v) is 3.16. The Morgan fingerprint density at radius 1 is 1.25 bits per heavy atom. The zero-order chi connectivity index (χ0) is 12.5. The summed E-state index contributed by atoms with van der Waals surface area (Å²) in [6, 6.07) is -0.971. The first kappa shape index (κ1) is 14.0. The van der Waals surface area contributed by atoms with Crippen molar-refractivity contribution in [3.8, 4) is 0 Å². The first-order chi connectivity index (χ1) is 7.22. The molecule has 0 unspecified atom stereocenters. The molecule has 1 aliphatic carbocycles. The lowest BCUT2D eigenvalue weighted by Crippen LogP contribution is -2.58. The van der Waals surface area contributed by atoms with Crippen LogP contribution >= 0.6 is 7.82 Å². The molecule has 96 valence electrons. The molecule has 16 heavy (non-hydrogen) atoms. The first-order valence-electron chi connectivity index (χ1n) is 4.72. The number of nitrogens with two attached hydrogens (primary N) is 1. The van der Waals surface area contributed by atoms with Gasteiger partial charge in [0.25, 0.3) is 0 Å². The molecule has 5 atom stereocenters. The van der Waals surface area contributed by atoms with Crippen LogP contribution in [0.1, 0.15) is 6.42 Å². The molecule has 1 fully saturated rings. The van der Waals surface area contributed by atoms with Gasteiger partial charge in [-0.05, 0) is 6.42 Å². The third-order valence-electron chi connectivity index (χ3n) is 2.67. The molecule has 8 nitrogen and oxygen atoms in total. The Morgan fingerprint density at radius 3 is 2.31 bits per heavy atom. The van der Waals surface area contributed by atoms with Crippen LogP contribution in [0.2, 0.25) is 0 Å². The highest BCUT2D eigenvalue weighted by atomic mass is 31.2. The van der Waals surface area contributed by atoms with E-state index >= 15 is 0 Å². The predicted octanol–water partition coefficient (Wildman–Crippen LogP) is -2.47. The highest BCUT2D eigenvalue weighted by molar-refractivity contribution is 7.46. The van der Waals surface area contributed by atoms with Crippen molar-refractivity contribution in [1.29, 1.82) is 0 Å². The second-order valence-corrected chi connectivity index (χ2v) is 5.15. The fourth-order valence-corrected chi connectivity index (χ4v) is 2.09. The van der Waals surface area contributed by atoms with Crippen LogP contribution in [0.25, 0.3) is 0 Å². The monoisotopic (exact) mass is 257 g/mol. The lowest BCUT2D eigenvalue weighted by atomic mass is 9.80. The van der Waals surface area contributed by atoms with E-state index in [-0.39, 0.29) is 6.42 Å². The Balaban J connectivity index is 2.57. The Hall–Kier alpha value is -0.0500. The van der Waals surface area contributed by atoms with Crippen LogP contribution in [-0.4, -0.2) is 56.1 Å². The standard InChI is InChI=1S/C7H16NO7P/c8-5-4(9)1-3(6(10)7(5)11)2-15-16(12,13)14/h3-7,9-11H,1-2,8H2,(H2,12,13,14)/t3-,4+,5+,6-,7-/m1/s1. The zero-order valence-electron chi connectivity index (χ0n) is 8.38. The van der Waals surface area contributed by atoms with Gasteiger partial charge in [-0.2, -0.15) is 0 Å². The number of hydrogen-bond acceptors (Lipinski definition) is 6. The molecule has 1 saturated carbocycles. The summed E-state index contributed by atoms with van der Waals surface area (Å²) in [5.74, 6) is -0.766. The molecule has 0 heterocycles. The molecule has 7 N–H and O–H groups in total. The van der Waals surface area contributed by atoms with Crippen molar-refractivity contribution in [2.75, 3.05) is 6.61 Å². The third kappa shape index (κ3) is 3.47. The van der Waals surface area contributed by atoms with E-state index in [0.717, 1.165) is 0 Å². The average Bonchev–Trinajstić information content (AvgIpc) is 2.17. The quantitative estimate of drug-likeness (QED) is 0.304. The van der Waals surface area contributed by atoms with Gasteiger partial charge >= 0.3 is 7.82 Å². The molecule has 1 rings (SSSR count). The summed E-state index contributed by atoms with van der Waals surface area (Å²) < 4.78 is 14.7. The Kier molecular flexibility index (Phi) is 4.44. The summed E-state index contributed by atoms with van der Waals surface area (Å²) in [6.45, 7) is -0.452. The van der Waals surface area contributed by atoms with Gasteiger partial charge in [0, 0.05) is 5.92 Å². The number of aliphatic hydroxyl groups is 3. The van der Waals surface area contributed by atoms with E-state index in [1.54, 1.807) is 0 Å². The van der Waals surface area contributed by atoms with E-state index in [1.165, 1.54) is 0 Å². The number of rotatable bonds is 3. The highest BCUT2D eigenvalue weighted by Gasteiger charge is 2.41. The predicted molar refractivity (Wildman–Crippen MR) is 52.1 cm³/mol. The molecular weight excluding hydrogens is 241 g/mol. The van der Waals surface area contributed by atoms with Crippen molar-refractivity contribution in [2.45, 2.75) is 30.8 Å². The van der Waals surface area contributed by atoms with Gasteiger partial charge in [-0.15, -0.1) is 0 Å². The second-order valence-electron chi connectivity index (χ2n) is 3.91. The molecule has 0 saturated heterocycles. The molecule has 9 heteroatoms. The van der Waals surface area contributed by atoms with E-state index in [4.69, 9.17) is 15.5 Å². The molecule has 0 bridgehead atoms. The maximum atomic E-state index is 10.4. The smallest absolute Gasteiger partial charge is 0.391 e. The number of aliphatic hydroxyl groups excluding tert-OH is 3. The first-order valence-corrected chi connectivity index (χ1v) is 6.25. The normalized spacial score (nSPS) is 41.0. The Morgan fingerprint density at radius 2 is 1.81 bits per heavy atom. The van der Waals surface area contributed by atoms with Crippen molar-refractivity contribution in [1.82, 2.24) is 0 Å². The number of phosphoric ester groups is 1. The Labute approximate surface area is 91.9 Å². The van der Waals surface area contributed by atoms with Crippen molar-refractivity contribution >= 4 is 7.82 Å². The fourth-order valence-electron chi connectivity index (χ4n) is 1.70. The molecular formula is C7H16NO7P. The van der Waals surface area contributed by atoms with Crippen LogP contribution in [0.4, 0.5) is 0 Å². The van der Waals surface area contributed by atoms with Gasteiger partial charge < -0.3 is 30.8 Å². The Bertz CT molecular complexity index is 282. The topological polar surface area (TPSA) is 153 Å². The summed E-state index contributed by atoms with van der Waals surface area (Å²) in [4.78, 5) is 17.0.